The van der Waals surface area contributed by atoms with Crippen molar-refractivity contribution in [1.29, 1.82) is 0 Å². The van der Waals surface area contributed by atoms with E-state index < -0.39 is 0 Å². The molecule has 2 aromatic rings. The Morgan fingerprint density at radius 3 is 2.79 bits per heavy atom. The molecule has 3 heteroatoms. The molecule has 2 aromatic carbocycles. The van der Waals surface area contributed by atoms with Gasteiger partial charge < -0.3 is 4.90 Å². The summed E-state index contributed by atoms with van der Waals surface area (Å²) >= 11 is 9.34. The Morgan fingerprint density at radius 1 is 1.26 bits per heavy atom. The Morgan fingerprint density at radius 2 is 2.05 bits per heavy atom. The smallest absolute Gasteiger partial charge is 0.114 e. The lowest BCUT2D eigenvalue weighted by Gasteiger charge is -2.27. The molecule has 0 saturated carbocycles. The highest BCUT2D eigenvalue weighted by Gasteiger charge is 2.29. The van der Waals surface area contributed by atoms with Crippen LogP contribution >= 0.6 is 28.1 Å². The van der Waals surface area contributed by atoms with E-state index in [2.05, 4.69) is 65.0 Å². The number of halogens is 1. The summed E-state index contributed by atoms with van der Waals surface area (Å²) in [5.74, 6) is 0. The van der Waals surface area contributed by atoms with Crippen LogP contribution in [-0.4, -0.2) is 11.0 Å². The van der Waals surface area contributed by atoms with Gasteiger partial charge in [0.25, 0.3) is 0 Å². The lowest BCUT2D eigenvalue weighted by molar-refractivity contribution is 0.649. The Bertz CT molecular complexity index is 665. The third-order valence-corrected chi connectivity index (χ3v) is 4.93. The molecule has 1 heterocycles. The first-order valence-corrected chi connectivity index (χ1v) is 7.90. The second kappa shape index (κ2) is 4.88. The maximum absolute atomic E-state index is 5.70. The van der Waals surface area contributed by atoms with E-state index in [1.165, 1.54) is 28.4 Å². The van der Waals surface area contributed by atoms with Gasteiger partial charge >= 0.3 is 0 Å². The van der Waals surface area contributed by atoms with Gasteiger partial charge in [0.2, 0.25) is 0 Å². The highest BCUT2D eigenvalue weighted by molar-refractivity contribution is 9.10. The topological polar surface area (TPSA) is 3.24 Å². The minimum atomic E-state index is 0.453. The molecule has 0 N–H and O–H groups in total. The summed E-state index contributed by atoms with van der Waals surface area (Å²) in [6.45, 7) is 4.48. The van der Waals surface area contributed by atoms with E-state index in [1.54, 1.807) is 0 Å². The van der Waals surface area contributed by atoms with Gasteiger partial charge in [0.15, 0.2) is 0 Å². The maximum atomic E-state index is 5.70. The van der Waals surface area contributed by atoms with E-state index in [0.717, 1.165) is 15.9 Å². The number of anilines is 1. The molecule has 0 aromatic heterocycles. The Balaban J connectivity index is 2.23. The average molecular weight is 334 g/mol. The quantitative estimate of drug-likeness (QED) is 0.702. The molecule has 3 rings (SSSR count). The molecule has 1 unspecified atom stereocenters. The first-order valence-electron chi connectivity index (χ1n) is 6.70. The molecule has 0 amide bonds. The monoisotopic (exact) mass is 333 g/mol. The molecular formula is C16H16BrNS. The van der Waals surface area contributed by atoms with Crippen LogP contribution in [0.4, 0.5) is 5.69 Å². The maximum Gasteiger partial charge on any atom is 0.114 e. The third-order valence-electron chi connectivity index (χ3n) is 3.82. The molecule has 0 aliphatic carbocycles. The molecule has 98 valence electrons. The second-order valence-electron chi connectivity index (χ2n) is 5.11. The van der Waals surface area contributed by atoms with Crippen LogP contribution < -0.4 is 4.90 Å². The fraction of sp³-hybridized carbons (Fsp3) is 0.312. The van der Waals surface area contributed by atoms with Crippen molar-refractivity contribution < 1.29 is 0 Å². The minimum Gasteiger partial charge on any atom is -0.329 e. The van der Waals surface area contributed by atoms with E-state index in [1.807, 2.05) is 0 Å². The van der Waals surface area contributed by atoms with Gasteiger partial charge in [-0.1, -0.05) is 59.7 Å². The predicted molar refractivity (Wildman–Crippen MR) is 90.2 cm³/mol. The van der Waals surface area contributed by atoms with Gasteiger partial charge in [0.1, 0.15) is 4.99 Å². The highest BCUT2D eigenvalue weighted by Crippen LogP contribution is 2.41. The fourth-order valence-electron chi connectivity index (χ4n) is 2.95. The largest absolute Gasteiger partial charge is 0.329 e. The van der Waals surface area contributed by atoms with E-state index in [-0.39, 0.29) is 0 Å². The van der Waals surface area contributed by atoms with Crippen molar-refractivity contribution >= 4 is 49.6 Å². The van der Waals surface area contributed by atoms with Gasteiger partial charge in [-0.3, -0.25) is 0 Å². The lowest BCUT2D eigenvalue weighted by Crippen LogP contribution is -2.34. The SMILES string of the molecule is CCCC(C)N1C(=S)c2ccc(Br)c3cccc1c23. The van der Waals surface area contributed by atoms with E-state index in [4.69, 9.17) is 12.2 Å². The van der Waals surface area contributed by atoms with Gasteiger partial charge in [-0.05, 0) is 30.9 Å². The number of hydrogen-bond donors (Lipinski definition) is 0. The predicted octanol–water partition coefficient (Wildman–Crippen LogP) is 5.29. The van der Waals surface area contributed by atoms with Crippen LogP contribution in [-0.2, 0) is 0 Å². The Hall–Kier alpha value is -0.930. The number of rotatable bonds is 3. The fourth-order valence-corrected chi connectivity index (χ4v) is 3.87. The van der Waals surface area contributed by atoms with Crippen LogP contribution in [0.5, 0.6) is 0 Å². The van der Waals surface area contributed by atoms with Crippen molar-refractivity contribution in [2.24, 2.45) is 0 Å². The van der Waals surface area contributed by atoms with E-state index >= 15 is 0 Å². The summed E-state index contributed by atoms with van der Waals surface area (Å²) in [6.07, 6.45) is 2.34. The summed E-state index contributed by atoms with van der Waals surface area (Å²) in [5.41, 5.74) is 2.46. The summed E-state index contributed by atoms with van der Waals surface area (Å²) in [4.78, 5) is 3.29. The molecule has 0 fully saturated rings. The Kier molecular flexibility index (Phi) is 3.35. The molecule has 1 aliphatic heterocycles. The average Bonchev–Trinajstić information content (AvgIpc) is 2.68. The standard InChI is InChI=1S/C16H16BrNS/c1-3-5-10(2)18-14-7-4-6-11-13(17)9-8-12(15(11)14)16(18)19/h4,6-10H,3,5H2,1-2H3. The van der Waals surface area contributed by atoms with Crippen molar-refractivity contribution in [2.75, 3.05) is 4.90 Å². The van der Waals surface area contributed by atoms with Gasteiger partial charge in [-0.2, -0.15) is 0 Å². The summed E-state index contributed by atoms with van der Waals surface area (Å²) in [5, 5.41) is 2.55. The first-order chi connectivity index (χ1) is 9.15. The summed E-state index contributed by atoms with van der Waals surface area (Å²) in [6, 6.07) is 11.1. The van der Waals surface area contributed by atoms with Crippen LogP contribution in [0.25, 0.3) is 10.8 Å². The molecule has 0 radical (unpaired) electrons. The number of hydrogen-bond acceptors (Lipinski definition) is 1. The molecule has 1 aliphatic rings. The normalized spacial score (nSPS) is 15.3. The molecule has 1 atom stereocenters. The second-order valence-corrected chi connectivity index (χ2v) is 6.35. The van der Waals surface area contributed by atoms with Crippen LogP contribution in [0.3, 0.4) is 0 Å². The van der Waals surface area contributed by atoms with Crippen LogP contribution in [0.15, 0.2) is 34.8 Å². The third kappa shape index (κ3) is 1.91. The van der Waals surface area contributed by atoms with E-state index in [0.29, 0.717) is 6.04 Å². The van der Waals surface area contributed by atoms with Gasteiger partial charge in [0.05, 0.1) is 5.69 Å². The molecule has 19 heavy (non-hydrogen) atoms. The van der Waals surface area contributed by atoms with Crippen LogP contribution in [0, 0.1) is 0 Å². The summed E-state index contributed by atoms with van der Waals surface area (Å²) < 4.78 is 1.14. The highest BCUT2D eigenvalue weighted by atomic mass is 79.9. The Labute approximate surface area is 127 Å². The zero-order valence-electron chi connectivity index (χ0n) is 11.1. The zero-order chi connectivity index (χ0) is 13.6. The van der Waals surface area contributed by atoms with Gasteiger partial charge in [-0.25, -0.2) is 0 Å². The number of nitrogens with zero attached hydrogens (tertiary/aromatic N) is 1. The van der Waals surface area contributed by atoms with Crippen molar-refractivity contribution in [3.05, 3.63) is 40.4 Å². The van der Waals surface area contributed by atoms with Crippen molar-refractivity contribution in [3.8, 4) is 0 Å². The number of thiocarbonyl (C=S) groups is 1. The van der Waals surface area contributed by atoms with Gasteiger partial charge in [-0.15, -0.1) is 0 Å². The molecule has 1 nitrogen and oxygen atoms in total. The van der Waals surface area contributed by atoms with Crippen molar-refractivity contribution in [1.82, 2.24) is 0 Å². The van der Waals surface area contributed by atoms with Crippen molar-refractivity contribution in [3.63, 3.8) is 0 Å². The minimum absolute atomic E-state index is 0.453. The lowest BCUT2D eigenvalue weighted by atomic mass is 10.1. The van der Waals surface area contributed by atoms with Crippen molar-refractivity contribution in [2.45, 2.75) is 32.7 Å². The van der Waals surface area contributed by atoms with Crippen LogP contribution in [0.1, 0.15) is 32.3 Å². The molecule has 0 saturated heterocycles. The first kappa shape index (κ1) is 13.1. The zero-order valence-corrected chi connectivity index (χ0v) is 13.5. The van der Waals surface area contributed by atoms with Crippen LogP contribution in [0.2, 0.25) is 0 Å². The van der Waals surface area contributed by atoms with Gasteiger partial charge in [0, 0.05) is 21.5 Å². The number of benzene rings is 2. The molecule has 0 spiro atoms. The molecule has 0 bridgehead atoms. The van der Waals surface area contributed by atoms with E-state index in [9.17, 15) is 0 Å². The summed E-state index contributed by atoms with van der Waals surface area (Å²) in [7, 11) is 0. The molecular weight excluding hydrogens is 318 g/mol.